The first-order chi connectivity index (χ1) is 29.6. The number of ether oxygens (including phenoxy) is 5. The number of halogens is 5. The minimum Gasteiger partial charge on any atom is -0.493 e. The Labute approximate surface area is 396 Å². The molecule has 4 aromatic carbocycles. The van der Waals surface area contributed by atoms with Gasteiger partial charge in [-0.1, -0.05) is 70.7 Å². The summed E-state index contributed by atoms with van der Waals surface area (Å²) in [4.78, 5) is 6.14. The Balaban J connectivity index is 0.000000292. The fourth-order valence-electron chi connectivity index (χ4n) is 7.32. The average molecular weight is 1010 g/mol. The van der Waals surface area contributed by atoms with Crippen LogP contribution in [-0.2, 0) is 48.1 Å². The summed E-state index contributed by atoms with van der Waals surface area (Å²) in [6.07, 6.45) is 6.23. The van der Waals surface area contributed by atoms with Crippen molar-refractivity contribution in [1.29, 1.82) is 0 Å². The van der Waals surface area contributed by atoms with Crippen molar-refractivity contribution in [3.05, 3.63) is 134 Å². The highest BCUT2D eigenvalue weighted by Crippen LogP contribution is 2.47. The van der Waals surface area contributed by atoms with Crippen LogP contribution < -0.4 is 18.9 Å². The molecule has 1 aliphatic heterocycles. The van der Waals surface area contributed by atoms with Crippen LogP contribution in [-0.4, -0.2) is 91.4 Å². The van der Waals surface area contributed by atoms with Gasteiger partial charge in [0.1, 0.15) is 6.10 Å². The summed E-state index contributed by atoms with van der Waals surface area (Å²) in [5, 5.41) is 2.29. The van der Waals surface area contributed by atoms with E-state index in [1.807, 2.05) is 48.1 Å². The average Bonchev–Trinajstić information content (AvgIpc) is 3.76. The molecule has 1 fully saturated rings. The van der Waals surface area contributed by atoms with Crippen LogP contribution in [0.2, 0.25) is 20.1 Å². The lowest BCUT2D eigenvalue weighted by Gasteiger charge is -2.37. The third-order valence-corrected chi connectivity index (χ3v) is 17.8. The molecule has 0 spiro atoms. The van der Waals surface area contributed by atoms with Crippen LogP contribution in [0.25, 0.3) is 0 Å². The monoisotopic (exact) mass is 1010 g/mol. The number of hydrogen-bond acceptors (Lipinski definition) is 11. The molecule has 6 rings (SSSR count). The van der Waals surface area contributed by atoms with Crippen LogP contribution >= 0.6 is 58.8 Å². The second-order valence-electron chi connectivity index (χ2n) is 14.6. The van der Waals surface area contributed by atoms with E-state index in [1.54, 1.807) is 57.1 Å². The van der Waals surface area contributed by atoms with E-state index in [9.17, 15) is 16.8 Å². The van der Waals surface area contributed by atoms with Gasteiger partial charge in [-0.25, -0.2) is 21.8 Å². The molecule has 1 unspecified atom stereocenters. The Hall–Kier alpha value is -3.44. The highest BCUT2D eigenvalue weighted by Gasteiger charge is 2.57. The number of imidazole rings is 1. The fraction of sp³-hybridized carbons (Fsp3) is 0.386. The van der Waals surface area contributed by atoms with Gasteiger partial charge in [-0.15, -0.1) is 12.4 Å². The van der Waals surface area contributed by atoms with Crippen molar-refractivity contribution in [3.8, 4) is 23.0 Å². The maximum Gasteiger partial charge on any atom is 0.198 e. The molecule has 2 heterocycles. The molecule has 5 aromatic rings. The molecule has 63 heavy (non-hydrogen) atoms. The quantitative estimate of drug-likeness (QED) is 0.0830. The van der Waals surface area contributed by atoms with E-state index in [2.05, 4.69) is 9.88 Å². The van der Waals surface area contributed by atoms with E-state index in [0.29, 0.717) is 75.8 Å². The second-order valence-corrected chi connectivity index (χ2v) is 21.2. The fourth-order valence-corrected chi connectivity index (χ4v) is 14.1. The number of likely N-dealkylation sites (N-methyl/N-ethyl adjacent to an activating group) is 1. The molecule has 344 valence electrons. The molecule has 1 aromatic heterocycles. The van der Waals surface area contributed by atoms with E-state index in [1.165, 1.54) is 26.4 Å². The topological polar surface area (TPSA) is 135 Å². The van der Waals surface area contributed by atoms with E-state index in [-0.39, 0.29) is 48.4 Å². The first-order valence-corrected chi connectivity index (χ1v) is 24.4. The number of nitrogens with zero attached hydrogens (tertiary/aromatic N) is 3. The third-order valence-electron chi connectivity index (χ3n) is 10.6. The molecule has 1 atom stereocenters. The predicted octanol–water partition coefficient (Wildman–Crippen LogP) is 9.94. The van der Waals surface area contributed by atoms with Gasteiger partial charge < -0.3 is 33.2 Å². The first-order valence-electron chi connectivity index (χ1n) is 19.6. The normalized spacial score (nSPS) is 15.3. The lowest BCUT2D eigenvalue weighted by Crippen LogP contribution is -2.50. The summed E-state index contributed by atoms with van der Waals surface area (Å²) < 4.78 is 81.3. The predicted molar refractivity (Wildman–Crippen MR) is 253 cm³/mol. The first kappa shape index (κ1) is 52.2. The molecule has 0 aliphatic carbocycles. The van der Waals surface area contributed by atoms with Gasteiger partial charge in [0, 0.05) is 44.6 Å². The smallest absolute Gasteiger partial charge is 0.198 e. The molecule has 1 saturated heterocycles. The van der Waals surface area contributed by atoms with E-state index in [0.717, 1.165) is 23.1 Å². The van der Waals surface area contributed by atoms with E-state index < -0.39 is 23.8 Å². The minimum absolute atomic E-state index is 0. The van der Waals surface area contributed by atoms with Crippen molar-refractivity contribution in [1.82, 2.24) is 14.5 Å². The standard InChI is InChI=1S/C26H37NO8S2.C18H14Cl4N2O.ClH/c1-27(15-12-20-8-10-22(32-2)24(18-20)34-4)14-6-13-26(36(28,29)16-7-17-37(26,30)31)21-9-11-23(33-3)25(19-21)35-5;19-13-2-1-12(16(21)7-13)10-25-18(9-24-6-5-23-11-24)15-4-3-14(20)8-17(15)22;/h8-11,18-19H,6-7,12-17H2,1-5H3;1-8,11,18H,9-10H2;1H. The molecule has 0 saturated carbocycles. The van der Waals surface area contributed by atoms with Crippen molar-refractivity contribution >= 4 is 78.5 Å². The molecule has 1 aliphatic rings. The third kappa shape index (κ3) is 12.9. The van der Waals surface area contributed by atoms with E-state index in [4.69, 9.17) is 70.1 Å². The molecular weight excluding hydrogens is 956 g/mol. The van der Waals surface area contributed by atoms with Crippen molar-refractivity contribution in [2.24, 2.45) is 0 Å². The van der Waals surface area contributed by atoms with Crippen molar-refractivity contribution in [2.75, 3.05) is 60.1 Å². The SMILES string of the molecule is COc1ccc(CCN(C)CCCC2(c3ccc(OC)c(OC)c3)S(=O)(=O)CCCS2(=O)=O)cc1OC.Cl.Clc1ccc(COC(Cn2ccnc2)c2ccc(Cl)cc2Cl)c(Cl)c1. The Morgan fingerprint density at radius 1 is 0.746 bits per heavy atom. The number of methoxy groups -OCH3 is 4. The highest BCUT2D eigenvalue weighted by molar-refractivity contribution is 8.10. The number of sulfone groups is 2. The summed E-state index contributed by atoms with van der Waals surface area (Å²) in [5.41, 5.74) is 2.98. The zero-order valence-corrected chi connectivity index (χ0v) is 41.0. The Bertz CT molecular complexity index is 2460. The number of rotatable bonds is 18. The van der Waals surface area contributed by atoms with Gasteiger partial charge in [-0.2, -0.15) is 0 Å². The lowest BCUT2D eigenvalue weighted by atomic mass is 10.1. The molecule has 19 heteroatoms. The number of aromatic nitrogens is 2. The van der Waals surface area contributed by atoms with Gasteiger partial charge in [-0.3, -0.25) is 0 Å². The van der Waals surface area contributed by atoms with Crippen LogP contribution in [0, 0.1) is 0 Å². The largest absolute Gasteiger partial charge is 0.493 e. The van der Waals surface area contributed by atoms with Crippen LogP contribution in [0.4, 0.5) is 0 Å². The Kier molecular flexibility index (Phi) is 19.6. The number of hydrogen-bond donors (Lipinski definition) is 0. The molecule has 0 bridgehead atoms. The molecule has 0 N–H and O–H groups in total. The van der Waals surface area contributed by atoms with Gasteiger partial charge in [0.15, 0.2) is 46.8 Å². The summed E-state index contributed by atoms with van der Waals surface area (Å²) in [6.45, 7) is 2.13. The zero-order valence-electron chi connectivity index (χ0n) is 35.6. The molecular formula is C44H52Cl5N3O9S2. The maximum absolute atomic E-state index is 13.5. The van der Waals surface area contributed by atoms with E-state index >= 15 is 0 Å². The Morgan fingerprint density at radius 2 is 1.35 bits per heavy atom. The zero-order chi connectivity index (χ0) is 45.1. The summed E-state index contributed by atoms with van der Waals surface area (Å²) in [7, 11) is 0.0553. The van der Waals surface area contributed by atoms with Crippen molar-refractivity contribution in [2.45, 2.75) is 49.0 Å². The second kappa shape index (κ2) is 23.7. The van der Waals surface area contributed by atoms with Crippen molar-refractivity contribution < 1.29 is 40.5 Å². The molecule has 0 radical (unpaired) electrons. The summed E-state index contributed by atoms with van der Waals surface area (Å²) in [5.74, 6) is 1.68. The van der Waals surface area contributed by atoms with Crippen molar-refractivity contribution in [3.63, 3.8) is 0 Å². The maximum atomic E-state index is 13.5. The van der Waals surface area contributed by atoms with Crippen LogP contribution in [0.3, 0.4) is 0 Å². The van der Waals surface area contributed by atoms with Gasteiger partial charge in [-0.05, 0) is 104 Å². The lowest BCUT2D eigenvalue weighted by molar-refractivity contribution is 0.0281. The van der Waals surface area contributed by atoms with Gasteiger partial charge in [0.25, 0.3) is 0 Å². The summed E-state index contributed by atoms with van der Waals surface area (Å²) in [6, 6.07) is 21.0. The Morgan fingerprint density at radius 3 is 1.94 bits per heavy atom. The minimum atomic E-state index is -3.99. The molecule has 12 nitrogen and oxygen atoms in total. The van der Waals surface area contributed by atoms with Crippen LogP contribution in [0.15, 0.2) is 91.5 Å². The van der Waals surface area contributed by atoms with Crippen LogP contribution in [0.5, 0.6) is 23.0 Å². The van der Waals surface area contributed by atoms with Crippen LogP contribution in [0.1, 0.15) is 47.6 Å². The highest BCUT2D eigenvalue weighted by atomic mass is 35.5. The van der Waals surface area contributed by atoms with Gasteiger partial charge in [0.05, 0.1) is 59.4 Å². The van der Waals surface area contributed by atoms with Gasteiger partial charge >= 0.3 is 0 Å². The molecule has 0 amide bonds. The summed E-state index contributed by atoms with van der Waals surface area (Å²) >= 11 is 24.5. The van der Waals surface area contributed by atoms with Gasteiger partial charge in [0.2, 0.25) is 0 Å². The number of benzene rings is 4.